The van der Waals surface area contributed by atoms with Crippen molar-refractivity contribution in [2.75, 3.05) is 26.7 Å². The summed E-state index contributed by atoms with van der Waals surface area (Å²) >= 11 is 0. The predicted molar refractivity (Wildman–Crippen MR) is 86.9 cm³/mol. The van der Waals surface area contributed by atoms with Crippen LogP contribution in [0.1, 0.15) is 25.3 Å². The van der Waals surface area contributed by atoms with Crippen LogP contribution in [-0.2, 0) is 11.3 Å². The Morgan fingerprint density at radius 2 is 2.19 bits per heavy atom. The van der Waals surface area contributed by atoms with Gasteiger partial charge in [-0.25, -0.2) is 0 Å². The molecule has 0 spiro atoms. The van der Waals surface area contributed by atoms with Gasteiger partial charge in [0.05, 0.1) is 12.5 Å². The summed E-state index contributed by atoms with van der Waals surface area (Å²) in [5.41, 5.74) is 1.06. The van der Waals surface area contributed by atoms with Gasteiger partial charge >= 0.3 is 0 Å². The van der Waals surface area contributed by atoms with Gasteiger partial charge in [0.25, 0.3) is 0 Å². The quantitative estimate of drug-likeness (QED) is 0.908. The molecule has 0 saturated carbocycles. The first-order valence-corrected chi connectivity index (χ1v) is 7.38. The third-order valence-corrected chi connectivity index (χ3v) is 3.70. The largest absolute Gasteiger partial charge is 0.494 e. The highest BCUT2D eigenvalue weighted by Crippen LogP contribution is 2.21. The van der Waals surface area contributed by atoms with Crippen molar-refractivity contribution in [2.24, 2.45) is 5.92 Å². The normalized spacial score (nSPS) is 17.7. The van der Waals surface area contributed by atoms with Crippen LogP contribution in [0.3, 0.4) is 0 Å². The molecule has 1 saturated heterocycles. The van der Waals surface area contributed by atoms with Crippen molar-refractivity contribution in [2.45, 2.75) is 26.3 Å². The summed E-state index contributed by atoms with van der Waals surface area (Å²) in [7, 11) is 1.87. The zero-order chi connectivity index (χ0) is 14.4. The third kappa shape index (κ3) is 4.90. The topological polar surface area (TPSA) is 41.6 Å². The van der Waals surface area contributed by atoms with E-state index >= 15 is 0 Å². The van der Waals surface area contributed by atoms with Gasteiger partial charge < -0.3 is 15.0 Å². The van der Waals surface area contributed by atoms with Crippen LogP contribution in [0, 0.1) is 5.92 Å². The molecule has 2 rings (SSSR count). The SMILES string of the molecule is CCOc1ccccc1CN(C)C(=O)[C@@H]1CCCNC1.Cl. The minimum Gasteiger partial charge on any atom is -0.494 e. The number of ether oxygens (including phenoxy) is 1. The maximum absolute atomic E-state index is 12.4. The lowest BCUT2D eigenvalue weighted by Crippen LogP contribution is -2.41. The number of carbonyl (C=O) groups is 1. The minimum absolute atomic E-state index is 0. The first-order chi connectivity index (χ1) is 9.72. The molecule has 1 fully saturated rings. The molecule has 1 aromatic rings. The number of piperidine rings is 1. The van der Waals surface area contributed by atoms with Crippen molar-refractivity contribution >= 4 is 18.3 Å². The number of amides is 1. The van der Waals surface area contributed by atoms with Crippen LogP contribution in [0.2, 0.25) is 0 Å². The lowest BCUT2D eigenvalue weighted by molar-refractivity contribution is -0.135. The van der Waals surface area contributed by atoms with Crippen LogP contribution in [-0.4, -0.2) is 37.6 Å². The zero-order valence-electron chi connectivity index (χ0n) is 12.8. The summed E-state index contributed by atoms with van der Waals surface area (Å²) in [6, 6.07) is 7.92. The Bertz CT molecular complexity index is 448. The van der Waals surface area contributed by atoms with Gasteiger partial charge in [0.15, 0.2) is 0 Å². The summed E-state index contributed by atoms with van der Waals surface area (Å²) in [6.45, 7) is 5.04. The van der Waals surface area contributed by atoms with Gasteiger partial charge in [-0.1, -0.05) is 18.2 Å². The summed E-state index contributed by atoms with van der Waals surface area (Å²) in [6.07, 6.45) is 2.07. The molecule has 1 amide bonds. The fraction of sp³-hybridized carbons (Fsp3) is 0.562. The molecule has 5 heteroatoms. The molecule has 0 bridgehead atoms. The Morgan fingerprint density at radius 3 is 2.86 bits per heavy atom. The van der Waals surface area contributed by atoms with Crippen molar-refractivity contribution < 1.29 is 9.53 Å². The van der Waals surface area contributed by atoms with Crippen molar-refractivity contribution in [3.05, 3.63) is 29.8 Å². The summed E-state index contributed by atoms with van der Waals surface area (Å²) in [5.74, 6) is 1.22. The number of carbonyl (C=O) groups excluding carboxylic acids is 1. The number of rotatable bonds is 5. The van der Waals surface area contributed by atoms with E-state index in [-0.39, 0.29) is 24.2 Å². The van der Waals surface area contributed by atoms with E-state index in [1.165, 1.54) is 0 Å². The molecule has 4 nitrogen and oxygen atoms in total. The summed E-state index contributed by atoms with van der Waals surface area (Å²) in [5, 5.41) is 3.29. The smallest absolute Gasteiger partial charge is 0.227 e. The standard InChI is InChI=1S/C16H24N2O2.ClH/c1-3-20-15-9-5-4-7-14(15)12-18(2)16(19)13-8-6-10-17-11-13;/h4-5,7,9,13,17H,3,6,8,10-12H2,1-2H3;1H/t13-;/m1./s1. The minimum atomic E-state index is 0. The molecule has 0 aliphatic carbocycles. The van der Waals surface area contributed by atoms with Gasteiger partial charge in [-0.15, -0.1) is 12.4 Å². The maximum Gasteiger partial charge on any atom is 0.227 e. The van der Waals surface area contributed by atoms with Crippen LogP contribution in [0.4, 0.5) is 0 Å². The number of benzene rings is 1. The highest BCUT2D eigenvalue weighted by molar-refractivity contribution is 5.85. The van der Waals surface area contributed by atoms with E-state index in [4.69, 9.17) is 4.74 Å². The van der Waals surface area contributed by atoms with Crippen LogP contribution in [0.15, 0.2) is 24.3 Å². The fourth-order valence-electron chi connectivity index (χ4n) is 2.64. The number of hydrogen-bond donors (Lipinski definition) is 1. The Labute approximate surface area is 133 Å². The van der Waals surface area contributed by atoms with Gasteiger partial charge in [-0.2, -0.15) is 0 Å². The van der Waals surface area contributed by atoms with Gasteiger partial charge in [-0.05, 0) is 32.4 Å². The molecular weight excluding hydrogens is 288 g/mol. The highest BCUT2D eigenvalue weighted by Gasteiger charge is 2.24. The highest BCUT2D eigenvalue weighted by atomic mass is 35.5. The average molecular weight is 313 g/mol. The molecule has 1 aromatic carbocycles. The Kier molecular flexibility index (Phi) is 7.54. The predicted octanol–water partition coefficient (Wildman–Crippen LogP) is 2.47. The molecule has 1 heterocycles. The van der Waals surface area contributed by atoms with Gasteiger partial charge in [0, 0.05) is 25.7 Å². The van der Waals surface area contributed by atoms with Crippen LogP contribution in [0.5, 0.6) is 5.75 Å². The Morgan fingerprint density at radius 1 is 1.43 bits per heavy atom. The second-order valence-electron chi connectivity index (χ2n) is 5.28. The second kappa shape index (κ2) is 8.90. The van der Waals surface area contributed by atoms with Crippen molar-refractivity contribution in [1.29, 1.82) is 0 Å². The van der Waals surface area contributed by atoms with E-state index in [0.717, 1.165) is 37.2 Å². The molecular formula is C16H25ClN2O2. The molecule has 1 aliphatic heterocycles. The summed E-state index contributed by atoms with van der Waals surface area (Å²) in [4.78, 5) is 14.2. The van der Waals surface area contributed by atoms with Crippen LogP contribution in [0.25, 0.3) is 0 Å². The van der Waals surface area contributed by atoms with Crippen molar-refractivity contribution in [3.63, 3.8) is 0 Å². The molecule has 0 unspecified atom stereocenters. The molecule has 21 heavy (non-hydrogen) atoms. The Hall–Kier alpha value is -1.26. The number of nitrogens with zero attached hydrogens (tertiary/aromatic N) is 1. The number of hydrogen-bond acceptors (Lipinski definition) is 3. The maximum atomic E-state index is 12.4. The van der Waals surface area contributed by atoms with Crippen LogP contribution < -0.4 is 10.1 Å². The molecule has 1 aliphatic rings. The first kappa shape index (κ1) is 17.8. The monoisotopic (exact) mass is 312 g/mol. The van der Waals surface area contributed by atoms with Gasteiger partial charge in [0.1, 0.15) is 5.75 Å². The lowest BCUT2D eigenvalue weighted by Gasteiger charge is -2.27. The second-order valence-corrected chi connectivity index (χ2v) is 5.28. The zero-order valence-corrected chi connectivity index (χ0v) is 13.6. The van der Waals surface area contributed by atoms with E-state index < -0.39 is 0 Å². The molecule has 1 atom stereocenters. The lowest BCUT2D eigenvalue weighted by atomic mass is 9.98. The van der Waals surface area contributed by atoms with E-state index in [1.54, 1.807) is 0 Å². The molecule has 1 N–H and O–H groups in total. The number of halogens is 1. The molecule has 118 valence electrons. The van der Waals surface area contributed by atoms with Crippen molar-refractivity contribution in [1.82, 2.24) is 10.2 Å². The van der Waals surface area contributed by atoms with E-state index in [2.05, 4.69) is 5.32 Å². The first-order valence-electron chi connectivity index (χ1n) is 7.38. The van der Waals surface area contributed by atoms with Gasteiger partial charge in [0.2, 0.25) is 5.91 Å². The van der Waals surface area contributed by atoms with Crippen molar-refractivity contribution in [3.8, 4) is 5.75 Å². The van der Waals surface area contributed by atoms with E-state index in [1.807, 2.05) is 43.1 Å². The van der Waals surface area contributed by atoms with Crippen LogP contribution >= 0.6 is 12.4 Å². The van der Waals surface area contributed by atoms with E-state index in [0.29, 0.717) is 13.2 Å². The average Bonchev–Trinajstić information content (AvgIpc) is 2.49. The van der Waals surface area contributed by atoms with Gasteiger partial charge in [-0.3, -0.25) is 4.79 Å². The molecule has 0 radical (unpaired) electrons. The third-order valence-electron chi connectivity index (χ3n) is 3.70. The Balaban J connectivity index is 0.00000220. The molecule has 0 aromatic heterocycles. The van der Waals surface area contributed by atoms with E-state index in [9.17, 15) is 4.79 Å². The number of nitrogens with one attached hydrogen (secondary N) is 1. The summed E-state index contributed by atoms with van der Waals surface area (Å²) < 4.78 is 5.61. The number of para-hydroxylation sites is 1. The fourth-order valence-corrected chi connectivity index (χ4v) is 2.64.